The number of hydrogen-bond donors (Lipinski definition) is 1. The number of aromatic carboxylic acids is 1. The van der Waals surface area contributed by atoms with Gasteiger partial charge in [-0.25, -0.2) is 4.79 Å². The highest BCUT2D eigenvalue weighted by Gasteiger charge is 2.08. The van der Waals surface area contributed by atoms with E-state index >= 15 is 0 Å². The Morgan fingerprint density at radius 3 is 2.73 bits per heavy atom. The maximum Gasteiger partial charge on any atom is 0.335 e. The quantitative estimate of drug-likeness (QED) is 0.890. The van der Waals surface area contributed by atoms with Crippen molar-refractivity contribution in [2.24, 2.45) is 5.92 Å². The van der Waals surface area contributed by atoms with Gasteiger partial charge in [-0.1, -0.05) is 26.0 Å². The lowest BCUT2D eigenvalue weighted by Crippen LogP contribution is -2.22. The van der Waals surface area contributed by atoms with E-state index in [1.165, 1.54) is 10.6 Å². The first kappa shape index (κ1) is 15.8. The number of hydrogen-bond acceptors (Lipinski definition) is 3. The maximum absolute atomic E-state index is 12.3. The number of pyridine rings is 1. The average Bonchev–Trinajstić information content (AvgIpc) is 2.48. The van der Waals surface area contributed by atoms with Crippen molar-refractivity contribution < 1.29 is 14.6 Å². The van der Waals surface area contributed by atoms with Crippen molar-refractivity contribution >= 4 is 5.97 Å². The van der Waals surface area contributed by atoms with Crippen molar-refractivity contribution in [2.45, 2.75) is 20.4 Å². The maximum atomic E-state index is 12.3. The molecule has 2 rings (SSSR count). The highest BCUT2D eigenvalue weighted by molar-refractivity contribution is 5.87. The highest BCUT2D eigenvalue weighted by Crippen LogP contribution is 2.09. The van der Waals surface area contributed by atoms with Crippen LogP contribution < -0.4 is 10.3 Å². The predicted octanol–water partition coefficient (Wildman–Crippen LogP) is 2.63. The third-order valence-corrected chi connectivity index (χ3v) is 3.08. The molecule has 1 N–H and O–H groups in total. The summed E-state index contributed by atoms with van der Waals surface area (Å²) in [5.41, 5.74) is 0.740. The minimum Gasteiger partial charge on any atom is -0.488 e. The molecule has 0 bridgehead atoms. The van der Waals surface area contributed by atoms with Crippen LogP contribution in [0.1, 0.15) is 29.8 Å². The Kier molecular flexibility index (Phi) is 4.99. The fourth-order valence-electron chi connectivity index (χ4n) is 2.01. The number of nitrogens with zero attached hydrogens (tertiary/aromatic N) is 1. The van der Waals surface area contributed by atoms with E-state index in [0.717, 1.165) is 5.56 Å². The third kappa shape index (κ3) is 3.97. The summed E-state index contributed by atoms with van der Waals surface area (Å²) in [6.45, 7) is 4.81. The summed E-state index contributed by atoms with van der Waals surface area (Å²) in [7, 11) is 0. The second kappa shape index (κ2) is 6.93. The second-order valence-electron chi connectivity index (χ2n) is 5.52. The summed E-state index contributed by atoms with van der Waals surface area (Å²) >= 11 is 0. The smallest absolute Gasteiger partial charge is 0.335 e. The first-order chi connectivity index (χ1) is 10.5. The normalized spacial score (nSPS) is 10.7. The van der Waals surface area contributed by atoms with Gasteiger partial charge in [0.15, 0.2) is 5.75 Å². The van der Waals surface area contributed by atoms with Crippen molar-refractivity contribution in [1.29, 1.82) is 0 Å². The van der Waals surface area contributed by atoms with Gasteiger partial charge < -0.3 is 14.4 Å². The first-order valence-electron chi connectivity index (χ1n) is 7.12. The van der Waals surface area contributed by atoms with E-state index in [1.807, 2.05) is 13.8 Å². The number of rotatable bonds is 6. The summed E-state index contributed by atoms with van der Waals surface area (Å²) in [5, 5.41) is 9.01. The topological polar surface area (TPSA) is 68.5 Å². The molecule has 0 saturated heterocycles. The zero-order valence-electron chi connectivity index (χ0n) is 12.7. The molecule has 1 aromatic carbocycles. The predicted molar refractivity (Wildman–Crippen MR) is 83.5 cm³/mol. The highest BCUT2D eigenvalue weighted by atomic mass is 16.5. The molecular formula is C17H19NO4. The number of carboxylic acid groups (broad SMARTS) is 1. The van der Waals surface area contributed by atoms with Crippen molar-refractivity contribution in [3.8, 4) is 5.75 Å². The molecule has 0 radical (unpaired) electrons. The van der Waals surface area contributed by atoms with Crippen LogP contribution in [0.2, 0.25) is 0 Å². The lowest BCUT2D eigenvalue weighted by atomic mass is 10.1. The van der Waals surface area contributed by atoms with Gasteiger partial charge in [0, 0.05) is 6.20 Å². The third-order valence-electron chi connectivity index (χ3n) is 3.08. The van der Waals surface area contributed by atoms with Gasteiger partial charge in [-0.15, -0.1) is 0 Å². The molecule has 0 atom stereocenters. The minimum atomic E-state index is -0.983. The van der Waals surface area contributed by atoms with E-state index in [4.69, 9.17) is 9.84 Å². The van der Waals surface area contributed by atoms with Crippen LogP contribution in [0.15, 0.2) is 47.4 Å². The first-order valence-corrected chi connectivity index (χ1v) is 7.12. The Morgan fingerprint density at radius 2 is 2.05 bits per heavy atom. The van der Waals surface area contributed by atoms with Crippen LogP contribution in [-0.2, 0) is 6.54 Å². The van der Waals surface area contributed by atoms with Gasteiger partial charge in [0.25, 0.3) is 5.56 Å². The summed E-state index contributed by atoms with van der Waals surface area (Å²) < 4.78 is 7.02. The Bertz CT molecular complexity index is 719. The molecule has 1 aromatic heterocycles. The molecule has 0 amide bonds. The van der Waals surface area contributed by atoms with Crippen LogP contribution in [0.25, 0.3) is 0 Å². The minimum absolute atomic E-state index is 0.206. The van der Waals surface area contributed by atoms with Gasteiger partial charge >= 0.3 is 5.97 Å². The van der Waals surface area contributed by atoms with Gasteiger partial charge in [-0.05, 0) is 35.7 Å². The lowest BCUT2D eigenvalue weighted by molar-refractivity contribution is 0.0696. The van der Waals surface area contributed by atoms with E-state index < -0.39 is 5.97 Å². The van der Waals surface area contributed by atoms with Crippen LogP contribution in [0.4, 0.5) is 0 Å². The number of carboxylic acids is 1. The zero-order valence-corrected chi connectivity index (χ0v) is 12.7. The summed E-state index contributed by atoms with van der Waals surface area (Å²) in [5.74, 6) is -0.339. The average molecular weight is 301 g/mol. The second-order valence-corrected chi connectivity index (χ2v) is 5.52. The number of carbonyl (C=O) groups is 1. The summed E-state index contributed by atoms with van der Waals surface area (Å²) in [4.78, 5) is 23.3. The Balaban J connectivity index is 2.23. The van der Waals surface area contributed by atoms with Crippen LogP contribution in [0.5, 0.6) is 5.75 Å². The molecule has 2 aromatic rings. The van der Waals surface area contributed by atoms with E-state index in [1.54, 1.807) is 36.5 Å². The standard InChI is InChI=1S/C17H19NO4/c1-12(2)11-22-15-7-4-8-18(16(15)19)10-13-5-3-6-14(9-13)17(20)21/h3-9,12H,10-11H2,1-2H3,(H,20,21). The van der Waals surface area contributed by atoms with Crippen molar-refractivity contribution in [2.75, 3.05) is 6.61 Å². The Hall–Kier alpha value is -2.56. The van der Waals surface area contributed by atoms with Gasteiger partial charge in [0.2, 0.25) is 0 Å². The van der Waals surface area contributed by atoms with Crippen molar-refractivity contribution in [1.82, 2.24) is 4.57 Å². The molecule has 1 heterocycles. The molecule has 0 saturated carbocycles. The fourth-order valence-corrected chi connectivity index (χ4v) is 2.01. The van der Waals surface area contributed by atoms with E-state index in [0.29, 0.717) is 24.8 Å². The number of benzene rings is 1. The zero-order chi connectivity index (χ0) is 16.1. The number of ether oxygens (including phenoxy) is 1. The molecule has 5 heteroatoms. The van der Waals surface area contributed by atoms with E-state index in [-0.39, 0.29) is 11.1 Å². The summed E-state index contributed by atoms with van der Waals surface area (Å²) in [6.07, 6.45) is 1.66. The lowest BCUT2D eigenvalue weighted by Gasteiger charge is -2.11. The Labute approximate surface area is 128 Å². The summed E-state index contributed by atoms with van der Waals surface area (Å²) in [6, 6.07) is 9.95. The molecule has 0 aliphatic carbocycles. The van der Waals surface area contributed by atoms with Gasteiger partial charge in [0.1, 0.15) is 0 Å². The Morgan fingerprint density at radius 1 is 1.27 bits per heavy atom. The molecule has 0 aliphatic rings. The van der Waals surface area contributed by atoms with Gasteiger partial charge in [-0.3, -0.25) is 4.79 Å². The van der Waals surface area contributed by atoms with Crippen LogP contribution in [0.3, 0.4) is 0 Å². The SMILES string of the molecule is CC(C)COc1cccn(Cc2cccc(C(=O)O)c2)c1=O. The molecule has 0 unspecified atom stereocenters. The molecule has 0 fully saturated rings. The number of aromatic nitrogens is 1. The van der Waals surface area contributed by atoms with Crippen LogP contribution >= 0.6 is 0 Å². The van der Waals surface area contributed by atoms with Crippen molar-refractivity contribution in [3.05, 3.63) is 64.1 Å². The van der Waals surface area contributed by atoms with Crippen LogP contribution in [0, 0.1) is 5.92 Å². The van der Waals surface area contributed by atoms with Crippen LogP contribution in [-0.4, -0.2) is 22.2 Å². The molecule has 0 spiro atoms. The van der Waals surface area contributed by atoms with Gasteiger partial charge in [0.05, 0.1) is 18.7 Å². The van der Waals surface area contributed by atoms with E-state index in [9.17, 15) is 9.59 Å². The molecule has 22 heavy (non-hydrogen) atoms. The molecule has 5 nitrogen and oxygen atoms in total. The van der Waals surface area contributed by atoms with Gasteiger partial charge in [-0.2, -0.15) is 0 Å². The molecule has 0 aliphatic heterocycles. The molecule has 116 valence electrons. The largest absolute Gasteiger partial charge is 0.488 e. The van der Waals surface area contributed by atoms with E-state index in [2.05, 4.69) is 0 Å². The molecular weight excluding hydrogens is 282 g/mol. The fraction of sp³-hybridized carbons (Fsp3) is 0.294. The van der Waals surface area contributed by atoms with Crippen molar-refractivity contribution in [3.63, 3.8) is 0 Å². The monoisotopic (exact) mass is 301 g/mol.